The number of hydrogen-bond acceptors (Lipinski definition) is 2. The van der Waals surface area contributed by atoms with Crippen LogP contribution in [0.2, 0.25) is 5.02 Å². The second-order valence-corrected chi connectivity index (χ2v) is 9.69. The molecular weight excluding hydrogens is 499 g/mol. The minimum absolute atomic E-state index is 0.201. The van der Waals surface area contributed by atoms with Gasteiger partial charge in [-0.2, -0.15) is 13.2 Å². The molecule has 1 saturated heterocycles. The van der Waals surface area contributed by atoms with E-state index in [9.17, 15) is 26.7 Å². The van der Waals surface area contributed by atoms with Crippen molar-refractivity contribution in [3.8, 4) is 0 Å². The zero-order valence-corrected chi connectivity index (χ0v) is 19.8. The number of hydrogen-bond donors (Lipinski definition) is 1. The summed E-state index contributed by atoms with van der Waals surface area (Å²) < 4.78 is 68.8. The van der Waals surface area contributed by atoms with Crippen LogP contribution >= 0.6 is 11.6 Å². The van der Waals surface area contributed by atoms with Gasteiger partial charge in [0, 0.05) is 16.1 Å². The van der Waals surface area contributed by atoms with Crippen molar-refractivity contribution >= 4 is 23.2 Å². The maximum absolute atomic E-state index is 14.7. The molecule has 36 heavy (non-hydrogen) atoms. The quantitative estimate of drug-likeness (QED) is 0.398. The summed E-state index contributed by atoms with van der Waals surface area (Å²) in [6.07, 6.45) is -3.03. The first-order valence-electron chi connectivity index (χ1n) is 11.6. The van der Waals surface area contributed by atoms with Crippen LogP contribution in [-0.4, -0.2) is 25.0 Å². The van der Waals surface area contributed by atoms with E-state index in [0.717, 1.165) is 29.8 Å². The van der Waals surface area contributed by atoms with E-state index in [4.69, 9.17) is 11.6 Å². The predicted octanol–water partition coefficient (Wildman–Crippen LogP) is 6.53. The van der Waals surface area contributed by atoms with Crippen molar-refractivity contribution < 1.29 is 26.7 Å². The maximum Gasteiger partial charge on any atom is 0.416 e. The molecule has 2 aliphatic heterocycles. The van der Waals surface area contributed by atoms with Gasteiger partial charge in [0.15, 0.2) is 0 Å². The average Bonchev–Trinajstić information content (AvgIpc) is 3.07. The molecule has 9 heteroatoms. The Morgan fingerprint density at radius 2 is 1.64 bits per heavy atom. The van der Waals surface area contributed by atoms with Crippen LogP contribution in [0.15, 0.2) is 60.7 Å². The lowest BCUT2D eigenvalue weighted by Crippen LogP contribution is -2.53. The van der Waals surface area contributed by atoms with Gasteiger partial charge in [-0.05, 0) is 85.9 Å². The Kier molecular flexibility index (Phi) is 6.29. The smallest absolute Gasteiger partial charge is 0.317 e. The first-order valence-corrected chi connectivity index (χ1v) is 11.9. The molecule has 0 aliphatic carbocycles. The molecule has 3 nitrogen and oxygen atoms in total. The summed E-state index contributed by atoms with van der Waals surface area (Å²) in [4.78, 5) is 15.2. The van der Waals surface area contributed by atoms with Crippen LogP contribution in [-0.2, 0) is 18.0 Å². The number of nitrogens with zero attached hydrogens (tertiary/aromatic N) is 1. The van der Waals surface area contributed by atoms with Crippen molar-refractivity contribution in [2.24, 2.45) is 0 Å². The van der Waals surface area contributed by atoms with Gasteiger partial charge >= 0.3 is 6.18 Å². The summed E-state index contributed by atoms with van der Waals surface area (Å²) in [6.45, 7) is 1.29. The minimum atomic E-state index is -4.47. The number of piperidine rings is 1. The van der Waals surface area contributed by atoms with E-state index in [1.807, 2.05) is 0 Å². The third kappa shape index (κ3) is 4.16. The number of rotatable bonds is 3. The Labute approximate surface area is 209 Å². The second kappa shape index (κ2) is 9.16. The molecule has 0 saturated carbocycles. The molecule has 188 valence electrons. The van der Waals surface area contributed by atoms with Crippen LogP contribution in [0.3, 0.4) is 0 Å². The van der Waals surface area contributed by atoms with Crippen molar-refractivity contribution in [1.82, 2.24) is 5.32 Å². The van der Waals surface area contributed by atoms with Crippen molar-refractivity contribution in [3.05, 3.63) is 99.6 Å². The van der Waals surface area contributed by atoms with Crippen LogP contribution < -0.4 is 10.2 Å². The molecule has 0 bridgehead atoms. The predicted molar refractivity (Wildman–Crippen MR) is 127 cm³/mol. The van der Waals surface area contributed by atoms with Gasteiger partial charge in [-0.1, -0.05) is 29.8 Å². The van der Waals surface area contributed by atoms with Crippen molar-refractivity contribution in [2.45, 2.75) is 36.9 Å². The van der Waals surface area contributed by atoms with E-state index >= 15 is 0 Å². The van der Waals surface area contributed by atoms with E-state index in [1.54, 1.807) is 18.2 Å². The molecule has 5 rings (SSSR count). The summed E-state index contributed by atoms with van der Waals surface area (Å²) in [7, 11) is 0. The number of carbonyl (C=O) groups is 1. The molecule has 1 amide bonds. The molecule has 1 N–H and O–H groups in total. The Bertz CT molecular complexity index is 1280. The SMILES string of the molecule is O=C(c1c(F)cccc1F)N1c2ccc(Cl)cc2C2(CCNCC2)[C@H]1Cc1ccc(C(F)(F)F)cc1. The Morgan fingerprint density at radius 3 is 2.25 bits per heavy atom. The van der Waals surface area contributed by atoms with Gasteiger partial charge in [0.05, 0.1) is 11.6 Å². The van der Waals surface area contributed by atoms with Crippen LogP contribution in [0, 0.1) is 11.6 Å². The van der Waals surface area contributed by atoms with Crippen LogP contribution in [0.1, 0.15) is 39.9 Å². The molecule has 2 heterocycles. The number of nitrogens with one attached hydrogen (secondary N) is 1. The molecule has 3 aromatic rings. The number of alkyl halides is 3. The number of anilines is 1. The number of carbonyl (C=O) groups excluding carboxylic acids is 1. The highest BCUT2D eigenvalue weighted by molar-refractivity contribution is 6.30. The number of halogens is 6. The number of amides is 1. The average molecular weight is 521 g/mol. The molecule has 2 aliphatic rings. The van der Waals surface area contributed by atoms with Gasteiger partial charge in [0.25, 0.3) is 5.91 Å². The third-order valence-electron chi connectivity index (χ3n) is 7.31. The Hall–Kier alpha value is -2.97. The van der Waals surface area contributed by atoms with E-state index in [2.05, 4.69) is 5.32 Å². The molecule has 0 unspecified atom stereocenters. The molecule has 0 radical (unpaired) electrons. The number of fused-ring (bicyclic) bond motifs is 2. The monoisotopic (exact) mass is 520 g/mol. The molecule has 0 aromatic heterocycles. The Morgan fingerprint density at radius 1 is 1.00 bits per heavy atom. The highest BCUT2D eigenvalue weighted by Crippen LogP contribution is 2.52. The van der Waals surface area contributed by atoms with E-state index in [0.29, 0.717) is 42.2 Å². The van der Waals surface area contributed by atoms with E-state index < -0.39 is 46.3 Å². The van der Waals surface area contributed by atoms with Gasteiger partial charge in [-0.15, -0.1) is 0 Å². The zero-order chi connectivity index (χ0) is 25.7. The van der Waals surface area contributed by atoms with Crippen LogP contribution in [0.4, 0.5) is 27.6 Å². The highest BCUT2D eigenvalue weighted by atomic mass is 35.5. The zero-order valence-electron chi connectivity index (χ0n) is 19.0. The molecule has 1 fully saturated rings. The first-order chi connectivity index (χ1) is 17.1. The van der Waals surface area contributed by atoms with Crippen molar-refractivity contribution in [3.63, 3.8) is 0 Å². The summed E-state index contributed by atoms with van der Waals surface area (Å²) >= 11 is 6.34. The minimum Gasteiger partial charge on any atom is -0.317 e. The molecule has 1 spiro atoms. The van der Waals surface area contributed by atoms with E-state index in [1.165, 1.54) is 23.1 Å². The largest absolute Gasteiger partial charge is 0.416 e. The third-order valence-corrected chi connectivity index (χ3v) is 7.54. The normalized spacial score (nSPS) is 18.9. The summed E-state index contributed by atoms with van der Waals surface area (Å²) in [5.41, 5.74) is -0.139. The lowest BCUT2D eigenvalue weighted by molar-refractivity contribution is -0.137. The van der Waals surface area contributed by atoms with Gasteiger partial charge in [-0.25, -0.2) is 8.78 Å². The second-order valence-electron chi connectivity index (χ2n) is 9.25. The molecule has 1 atom stereocenters. The van der Waals surface area contributed by atoms with Crippen molar-refractivity contribution in [1.29, 1.82) is 0 Å². The lowest BCUT2D eigenvalue weighted by Gasteiger charge is -2.42. The summed E-state index contributed by atoms with van der Waals surface area (Å²) in [6, 6.07) is 12.5. The van der Waals surface area contributed by atoms with Gasteiger partial charge in [0.1, 0.15) is 17.2 Å². The van der Waals surface area contributed by atoms with Crippen LogP contribution in [0.25, 0.3) is 0 Å². The summed E-state index contributed by atoms with van der Waals surface area (Å²) in [5.74, 6) is -2.79. The van der Waals surface area contributed by atoms with Crippen molar-refractivity contribution in [2.75, 3.05) is 18.0 Å². The van der Waals surface area contributed by atoms with Gasteiger partial charge in [0.2, 0.25) is 0 Å². The van der Waals surface area contributed by atoms with Gasteiger partial charge < -0.3 is 10.2 Å². The molecule has 3 aromatic carbocycles. The lowest BCUT2D eigenvalue weighted by atomic mass is 9.68. The first kappa shape index (κ1) is 24.7. The fourth-order valence-corrected chi connectivity index (χ4v) is 5.77. The fourth-order valence-electron chi connectivity index (χ4n) is 5.60. The summed E-state index contributed by atoms with van der Waals surface area (Å²) in [5, 5.41) is 3.77. The highest BCUT2D eigenvalue weighted by Gasteiger charge is 2.53. The topological polar surface area (TPSA) is 32.3 Å². The fraction of sp³-hybridized carbons (Fsp3) is 0.296. The molecular formula is C27H22ClF5N2O. The maximum atomic E-state index is 14.7. The Balaban J connectivity index is 1.65. The van der Waals surface area contributed by atoms with Crippen LogP contribution in [0.5, 0.6) is 0 Å². The van der Waals surface area contributed by atoms with Gasteiger partial charge in [-0.3, -0.25) is 4.79 Å². The standard InChI is InChI=1S/C27H22ClF5N2O/c28-18-8-9-22-19(15-18)26(10-12-34-13-11-26)23(14-16-4-6-17(7-5-16)27(31,32)33)35(22)25(36)24-20(29)2-1-3-21(24)30/h1-9,15,23,34H,10-14H2/t23-/m1/s1. The van der Waals surface area contributed by atoms with E-state index in [-0.39, 0.29) is 6.42 Å². The number of benzene rings is 3.